The molecule has 0 rings (SSSR count). The average Bonchev–Trinajstić information content (AvgIpc) is 3.49. The van der Waals surface area contributed by atoms with Crippen molar-refractivity contribution in [3.05, 3.63) is 0 Å². The second-order valence-electron chi connectivity index (χ2n) is 27.1. The van der Waals surface area contributed by atoms with Crippen LogP contribution in [0.4, 0.5) is 0 Å². The Morgan fingerprint density at radius 1 is 0.289 bits per heavy atom. The number of carbonyl (C=O) groups is 2. The number of ether oxygens (including phenoxy) is 1. The molecule has 6 nitrogen and oxygen atoms in total. The fourth-order valence-electron chi connectivity index (χ4n) is 12.8. The first-order chi connectivity index (χ1) is 41.0. The minimum atomic E-state index is -0.662. The summed E-state index contributed by atoms with van der Waals surface area (Å²) in [6.07, 6.45) is 90.4. The molecule has 0 radical (unpaired) electrons. The Bertz CT molecular complexity index is 1210. The molecule has 83 heavy (non-hydrogen) atoms. The van der Waals surface area contributed by atoms with Gasteiger partial charge in [-0.05, 0) is 25.7 Å². The molecule has 2 unspecified atom stereocenters. The number of esters is 1. The lowest BCUT2D eigenvalue weighted by atomic mass is 10.0. The Hall–Kier alpha value is -1.14. The van der Waals surface area contributed by atoms with Gasteiger partial charge in [-0.25, -0.2) is 0 Å². The fraction of sp³-hybridized carbons (Fsp3) is 0.974. The van der Waals surface area contributed by atoms with Crippen LogP contribution in [0, 0.1) is 0 Å². The van der Waals surface area contributed by atoms with E-state index in [1.807, 2.05) is 0 Å². The summed E-state index contributed by atoms with van der Waals surface area (Å²) in [5.41, 5.74) is 0. The highest BCUT2D eigenvalue weighted by Crippen LogP contribution is 2.20. The number of unbranched alkanes of at least 4 members (excludes halogenated alkanes) is 63. The third-order valence-corrected chi connectivity index (χ3v) is 18.7. The van der Waals surface area contributed by atoms with Gasteiger partial charge in [-0.15, -0.1) is 0 Å². The van der Waals surface area contributed by atoms with Gasteiger partial charge in [0.15, 0.2) is 0 Å². The molecule has 0 aromatic heterocycles. The quantitative estimate of drug-likeness (QED) is 0.0417. The number of rotatable bonds is 74. The first-order valence-electron chi connectivity index (χ1n) is 38.8. The van der Waals surface area contributed by atoms with Gasteiger partial charge in [-0.2, -0.15) is 0 Å². The summed E-state index contributed by atoms with van der Waals surface area (Å²) < 4.78 is 5.51. The summed E-state index contributed by atoms with van der Waals surface area (Å²) in [6, 6.07) is -0.539. The number of aliphatic hydroxyl groups excluding tert-OH is 2. The normalized spacial score (nSPS) is 12.4. The van der Waals surface area contributed by atoms with Gasteiger partial charge in [0.1, 0.15) is 0 Å². The molecule has 2 atom stereocenters. The molecule has 0 saturated carbocycles. The molecule has 0 aliphatic heterocycles. The Labute approximate surface area is 521 Å². The number of hydrogen-bond acceptors (Lipinski definition) is 5. The summed E-state index contributed by atoms with van der Waals surface area (Å²) in [5.74, 6) is -0.00212. The van der Waals surface area contributed by atoms with Crippen LogP contribution in [0.25, 0.3) is 0 Å². The van der Waals surface area contributed by atoms with Crippen LogP contribution in [0.5, 0.6) is 0 Å². The van der Waals surface area contributed by atoms with E-state index in [0.29, 0.717) is 25.9 Å². The molecule has 0 aromatic carbocycles. The summed E-state index contributed by atoms with van der Waals surface area (Å²) in [7, 11) is 0. The SMILES string of the molecule is CCCCCCCCCCCCCCCCCCCCCCCCCC(O)C(CO)NC(=O)CCCCCCCCCCCCCCCCCCCCCCCCCCCCCCOC(=O)CCCCCCCCCCCCCCCCC. The zero-order valence-electron chi connectivity index (χ0n) is 57.0. The number of carbonyl (C=O) groups excluding carboxylic acids is 2. The van der Waals surface area contributed by atoms with Crippen molar-refractivity contribution in [1.29, 1.82) is 0 Å². The van der Waals surface area contributed by atoms with Gasteiger partial charge >= 0.3 is 5.97 Å². The van der Waals surface area contributed by atoms with Crippen molar-refractivity contribution in [3.63, 3.8) is 0 Å². The van der Waals surface area contributed by atoms with Gasteiger partial charge in [-0.3, -0.25) is 9.59 Å². The Morgan fingerprint density at radius 2 is 0.494 bits per heavy atom. The predicted molar refractivity (Wildman–Crippen MR) is 366 cm³/mol. The zero-order chi connectivity index (χ0) is 59.9. The Kier molecular flexibility index (Phi) is 72.3. The van der Waals surface area contributed by atoms with Crippen LogP contribution in [0.15, 0.2) is 0 Å². The van der Waals surface area contributed by atoms with Crippen molar-refractivity contribution < 1.29 is 24.5 Å². The highest BCUT2D eigenvalue weighted by molar-refractivity contribution is 5.76. The smallest absolute Gasteiger partial charge is 0.305 e. The Balaban J connectivity index is 3.33. The maximum Gasteiger partial charge on any atom is 0.305 e. The van der Waals surface area contributed by atoms with Gasteiger partial charge in [0, 0.05) is 12.8 Å². The van der Waals surface area contributed by atoms with Crippen LogP contribution < -0.4 is 5.32 Å². The van der Waals surface area contributed by atoms with Crippen molar-refractivity contribution in [2.24, 2.45) is 0 Å². The highest BCUT2D eigenvalue weighted by atomic mass is 16.5. The minimum absolute atomic E-state index is 0.0233. The van der Waals surface area contributed by atoms with Crippen LogP contribution >= 0.6 is 0 Å². The summed E-state index contributed by atoms with van der Waals surface area (Å²) >= 11 is 0. The van der Waals surface area contributed by atoms with Crippen molar-refractivity contribution in [2.45, 2.75) is 469 Å². The lowest BCUT2D eigenvalue weighted by Crippen LogP contribution is -2.45. The Morgan fingerprint density at radius 3 is 0.735 bits per heavy atom. The molecule has 0 aliphatic rings. The van der Waals surface area contributed by atoms with Crippen LogP contribution in [0.2, 0.25) is 0 Å². The third kappa shape index (κ3) is 69.8. The second kappa shape index (κ2) is 73.3. The number of aliphatic hydroxyl groups is 2. The van der Waals surface area contributed by atoms with Gasteiger partial charge in [-0.1, -0.05) is 418 Å². The highest BCUT2D eigenvalue weighted by Gasteiger charge is 2.20. The molecule has 1 amide bonds. The van der Waals surface area contributed by atoms with Crippen LogP contribution in [0.3, 0.4) is 0 Å². The molecule has 0 bridgehead atoms. The number of hydrogen-bond donors (Lipinski definition) is 3. The maximum absolute atomic E-state index is 12.6. The van der Waals surface area contributed by atoms with E-state index in [2.05, 4.69) is 19.2 Å². The third-order valence-electron chi connectivity index (χ3n) is 18.7. The lowest BCUT2D eigenvalue weighted by molar-refractivity contribution is -0.143. The molecular weight excluding hydrogens is 1020 g/mol. The van der Waals surface area contributed by atoms with Gasteiger partial charge in [0.05, 0.1) is 25.4 Å². The van der Waals surface area contributed by atoms with E-state index in [-0.39, 0.29) is 18.5 Å². The standard InChI is InChI=1S/C77H153NO5/c1-3-5-7-9-11-13-15-17-19-20-21-22-29-32-35-38-42-45-49-53-57-61-65-69-75(80)74(73-79)78-76(81)70-66-62-58-54-50-46-43-39-36-33-30-27-25-23-24-26-28-31-34-37-40-44-48-52-56-60-64-68-72-83-77(82)71-67-63-59-55-51-47-41-18-16-14-12-10-8-6-4-2/h74-75,79-80H,3-73H2,1-2H3,(H,78,81). The van der Waals surface area contributed by atoms with Crippen molar-refractivity contribution in [3.8, 4) is 0 Å². The fourth-order valence-corrected chi connectivity index (χ4v) is 12.8. The van der Waals surface area contributed by atoms with Gasteiger partial charge in [0.25, 0.3) is 0 Å². The molecule has 0 fully saturated rings. The van der Waals surface area contributed by atoms with E-state index < -0.39 is 12.1 Å². The summed E-state index contributed by atoms with van der Waals surface area (Å²) in [5, 5.41) is 23.5. The molecular formula is C77H153NO5. The first kappa shape index (κ1) is 81.9. The van der Waals surface area contributed by atoms with E-state index in [9.17, 15) is 19.8 Å². The number of nitrogens with one attached hydrogen (secondary N) is 1. The van der Waals surface area contributed by atoms with Gasteiger partial charge in [0.2, 0.25) is 5.91 Å². The predicted octanol–water partition coefficient (Wildman–Crippen LogP) is 25.3. The molecule has 0 heterocycles. The lowest BCUT2D eigenvalue weighted by Gasteiger charge is -2.22. The van der Waals surface area contributed by atoms with Crippen LogP contribution in [-0.2, 0) is 14.3 Å². The maximum atomic E-state index is 12.6. The average molecular weight is 1170 g/mol. The summed E-state index contributed by atoms with van der Waals surface area (Å²) in [4.78, 5) is 24.7. The van der Waals surface area contributed by atoms with Crippen molar-refractivity contribution >= 4 is 11.9 Å². The first-order valence-corrected chi connectivity index (χ1v) is 38.8. The van der Waals surface area contributed by atoms with E-state index >= 15 is 0 Å². The molecule has 0 aliphatic carbocycles. The molecule has 496 valence electrons. The van der Waals surface area contributed by atoms with E-state index in [1.54, 1.807) is 0 Å². The zero-order valence-corrected chi connectivity index (χ0v) is 57.0. The van der Waals surface area contributed by atoms with Crippen LogP contribution in [0.1, 0.15) is 457 Å². The molecule has 3 N–H and O–H groups in total. The minimum Gasteiger partial charge on any atom is -0.466 e. The van der Waals surface area contributed by atoms with Crippen molar-refractivity contribution in [1.82, 2.24) is 5.32 Å². The van der Waals surface area contributed by atoms with E-state index in [0.717, 1.165) is 38.5 Å². The van der Waals surface area contributed by atoms with Crippen molar-refractivity contribution in [2.75, 3.05) is 13.2 Å². The molecule has 0 aromatic rings. The number of amides is 1. The summed E-state index contributed by atoms with van der Waals surface area (Å²) in [6.45, 7) is 5.02. The second-order valence-corrected chi connectivity index (χ2v) is 27.1. The van der Waals surface area contributed by atoms with E-state index in [4.69, 9.17) is 4.74 Å². The van der Waals surface area contributed by atoms with Crippen LogP contribution in [-0.4, -0.2) is 47.4 Å². The molecule has 6 heteroatoms. The van der Waals surface area contributed by atoms with Gasteiger partial charge < -0.3 is 20.3 Å². The monoisotopic (exact) mass is 1170 g/mol. The molecule has 0 saturated heterocycles. The van der Waals surface area contributed by atoms with E-state index in [1.165, 1.54) is 385 Å². The largest absolute Gasteiger partial charge is 0.466 e. The topological polar surface area (TPSA) is 95.9 Å². The molecule has 0 spiro atoms.